The lowest BCUT2D eigenvalue weighted by atomic mass is 9.65. The van der Waals surface area contributed by atoms with E-state index in [-0.39, 0.29) is 12.8 Å². The van der Waals surface area contributed by atoms with Crippen molar-refractivity contribution in [1.82, 2.24) is 0 Å². The van der Waals surface area contributed by atoms with Crippen molar-refractivity contribution in [1.29, 1.82) is 0 Å². The van der Waals surface area contributed by atoms with Gasteiger partial charge in [-0.25, -0.2) is 4.79 Å². The number of rotatable bonds is 7. The quantitative estimate of drug-likeness (QED) is 0.266. The van der Waals surface area contributed by atoms with Crippen LogP contribution < -0.4 is 15.4 Å². The minimum absolute atomic E-state index is 0.0971. The van der Waals surface area contributed by atoms with Gasteiger partial charge < -0.3 is 25.6 Å². The molecule has 206 valence electrons. The van der Waals surface area contributed by atoms with Crippen molar-refractivity contribution >= 4 is 23.4 Å². The molecule has 7 nitrogen and oxygen atoms in total. The number of aliphatic carboxylic acids is 1. The molecule has 3 aromatic rings. The predicted octanol–water partition coefficient (Wildman–Crippen LogP) is 6.71. The molecule has 39 heavy (non-hydrogen) atoms. The zero-order chi connectivity index (χ0) is 28.4. The van der Waals surface area contributed by atoms with Crippen LogP contribution in [0.2, 0.25) is 0 Å². The Kier molecular flexibility index (Phi) is 7.87. The highest BCUT2D eigenvalue weighted by Crippen LogP contribution is 2.52. The van der Waals surface area contributed by atoms with Gasteiger partial charge in [-0.3, -0.25) is 4.79 Å². The van der Waals surface area contributed by atoms with Crippen LogP contribution in [0, 0.1) is 12.3 Å². The number of ether oxygens (including phenoxy) is 1. The summed E-state index contributed by atoms with van der Waals surface area (Å²) in [6.45, 7) is 1.90. The smallest absolute Gasteiger partial charge is 0.389 e. The fourth-order valence-electron chi connectivity index (χ4n) is 5.20. The van der Waals surface area contributed by atoms with Gasteiger partial charge in [-0.2, -0.15) is 13.2 Å². The third-order valence-electron chi connectivity index (χ3n) is 7.04. The molecule has 0 bridgehead atoms. The Bertz CT molecular complexity index is 1370. The summed E-state index contributed by atoms with van der Waals surface area (Å²) in [5.41, 5.74) is 2.80. The molecule has 4 N–H and O–H groups in total. The van der Waals surface area contributed by atoms with Crippen LogP contribution in [-0.4, -0.2) is 35.5 Å². The number of carboxylic acids is 1. The molecular weight excluding hydrogens is 513 g/mol. The van der Waals surface area contributed by atoms with Crippen LogP contribution in [0.1, 0.15) is 42.1 Å². The van der Waals surface area contributed by atoms with Crippen molar-refractivity contribution in [3.05, 3.63) is 77.4 Å². The van der Waals surface area contributed by atoms with Gasteiger partial charge in [0.25, 0.3) is 0 Å². The third kappa shape index (κ3) is 6.51. The maximum atomic E-state index is 13.3. The van der Waals surface area contributed by atoms with E-state index in [4.69, 9.17) is 4.74 Å². The summed E-state index contributed by atoms with van der Waals surface area (Å²) >= 11 is 0. The van der Waals surface area contributed by atoms with E-state index in [1.807, 2.05) is 13.0 Å². The number of carboxylic acid groups (broad SMARTS) is 1. The van der Waals surface area contributed by atoms with Gasteiger partial charge in [0.2, 0.25) is 0 Å². The SMILES string of the molecule is COc1ccc(C)cc1NC(=O)Nc1ccc(-c2ccc3c(c2)CCC(CC(=O)O)(CC(F)(F)F)C3O)cc1. The molecule has 2 atom stereocenters. The summed E-state index contributed by atoms with van der Waals surface area (Å²) in [6, 6.07) is 17.1. The highest BCUT2D eigenvalue weighted by Gasteiger charge is 2.50. The molecule has 0 fully saturated rings. The first-order valence-corrected chi connectivity index (χ1v) is 12.3. The number of carbonyl (C=O) groups is 2. The molecule has 1 aliphatic carbocycles. The number of aliphatic hydroxyl groups excluding tert-OH is 1. The van der Waals surface area contributed by atoms with Crippen LogP contribution in [0.3, 0.4) is 0 Å². The van der Waals surface area contributed by atoms with Crippen molar-refractivity contribution < 1.29 is 37.7 Å². The van der Waals surface area contributed by atoms with Crippen molar-refractivity contribution in [3.63, 3.8) is 0 Å². The third-order valence-corrected chi connectivity index (χ3v) is 7.04. The number of carbonyl (C=O) groups excluding carboxylic acids is 1. The fourth-order valence-corrected chi connectivity index (χ4v) is 5.20. The molecule has 0 aromatic heterocycles. The molecule has 0 radical (unpaired) electrons. The maximum absolute atomic E-state index is 13.3. The van der Waals surface area contributed by atoms with E-state index in [1.165, 1.54) is 7.11 Å². The molecule has 0 aliphatic heterocycles. The average molecular weight is 543 g/mol. The van der Waals surface area contributed by atoms with Crippen LogP contribution in [0.15, 0.2) is 60.7 Å². The molecule has 2 unspecified atom stereocenters. The Morgan fingerprint density at radius 1 is 1.03 bits per heavy atom. The number of nitrogens with one attached hydrogen (secondary N) is 2. The Hall–Kier alpha value is -4.05. The number of aryl methyl sites for hydroxylation is 2. The highest BCUT2D eigenvalue weighted by atomic mass is 19.4. The summed E-state index contributed by atoms with van der Waals surface area (Å²) in [7, 11) is 1.52. The van der Waals surface area contributed by atoms with Crippen LogP contribution in [-0.2, 0) is 11.2 Å². The first kappa shape index (κ1) is 28.0. The van der Waals surface area contributed by atoms with Crippen molar-refractivity contribution in [2.75, 3.05) is 17.7 Å². The number of methoxy groups -OCH3 is 1. The van der Waals surface area contributed by atoms with Crippen LogP contribution in [0.25, 0.3) is 11.1 Å². The highest BCUT2D eigenvalue weighted by molar-refractivity contribution is 6.00. The normalized spacial score (nSPS) is 18.7. The van der Waals surface area contributed by atoms with Crippen LogP contribution in [0.4, 0.5) is 29.3 Å². The number of amides is 2. The minimum atomic E-state index is -4.60. The number of alkyl halides is 3. The number of halogens is 3. The topological polar surface area (TPSA) is 108 Å². The second-order valence-electron chi connectivity index (χ2n) is 9.90. The van der Waals surface area contributed by atoms with Crippen LogP contribution in [0.5, 0.6) is 5.75 Å². The number of hydrogen-bond acceptors (Lipinski definition) is 4. The summed E-state index contributed by atoms with van der Waals surface area (Å²) in [4.78, 5) is 23.9. The maximum Gasteiger partial charge on any atom is 0.389 e. The van der Waals surface area contributed by atoms with E-state index in [1.54, 1.807) is 54.6 Å². The average Bonchev–Trinajstić information content (AvgIpc) is 2.85. The number of anilines is 2. The Labute approximate surface area is 223 Å². The second-order valence-corrected chi connectivity index (χ2v) is 9.90. The van der Waals surface area contributed by atoms with Crippen molar-refractivity contribution in [2.24, 2.45) is 5.41 Å². The van der Waals surface area contributed by atoms with Gasteiger partial charge in [0.1, 0.15) is 5.75 Å². The standard InChI is InChI=1S/C29H29F3N2O5/c1-17-3-10-24(39-2)23(13-17)34-27(38)33-21-7-4-18(5-8-21)19-6-9-22-20(14-19)11-12-28(26(22)37,15-25(35)36)16-29(30,31)32/h3-10,13-14,26,37H,11-12,15-16H2,1-2H3,(H,35,36)(H2,33,34,38). The predicted molar refractivity (Wildman–Crippen MR) is 141 cm³/mol. The Morgan fingerprint density at radius 2 is 1.72 bits per heavy atom. The number of aliphatic hydroxyl groups is 1. The fraction of sp³-hybridized carbons (Fsp3) is 0.310. The van der Waals surface area contributed by atoms with Gasteiger partial charge in [0.05, 0.1) is 31.7 Å². The molecule has 10 heteroatoms. The summed E-state index contributed by atoms with van der Waals surface area (Å²) < 4.78 is 45.2. The monoisotopic (exact) mass is 542 g/mol. The van der Waals surface area contributed by atoms with E-state index >= 15 is 0 Å². The lowest BCUT2D eigenvalue weighted by molar-refractivity contribution is -0.183. The molecule has 0 saturated heterocycles. The minimum Gasteiger partial charge on any atom is -0.495 e. The molecular formula is C29H29F3N2O5. The van der Waals surface area contributed by atoms with Gasteiger partial charge in [-0.1, -0.05) is 36.4 Å². The summed E-state index contributed by atoms with van der Waals surface area (Å²) in [5, 5.41) is 25.7. The number of hydrogen-bond donors (Lipinski definition) is 4. The first-order valence-electron chi connectivity index (χ1n) is 12.3. The molecule has 1 aliphatic rings. The molecule has 0 spiro atoms. The number of benzene rings is 3. The first-order chi connectivity index (χ1) is 18.4. The van der Waals surface area contributed by atoms with E-state index in [9.17, 15) is 33.0 Å². The zero-order valence-corrected chi connectivity index (χ0v) is 21.4. The molecule has 2 amide bonds. The Balaban J connectivity index is 1.49. The molecule has 0 heterocycles. The lowest BCUT2D eigenvalue weighted by Gasteiger charge is -2.42. The summed E-state index contributed by atoms with van der Waals surface area (Å²) in [5.74, 6) is -0.846. The molecule has 0 saturated carbocycles. The van der Waals surface area contributed by atoms with Crippen molar-refractivity contribution in [2.45, 2.75) is 44.9 Å². The van der Waals surface area contributed by atoms with Gasteiger partial charge in [-0.15, -0.1) is 0 Å². The van der Waals surface area contributed by atoms with E-state index in [0.29, 0.717) is 28.3 Å². The largest absolute Gasteiger partial charge is 0.495 e. The van der Waals surface area contributed by atoms with Gasteiger partial charge in [-0.05, 0) is 71.8 Å². The second kappa shape index (κ2) is 11.0. The Morgan fingerprint density at radius 3 is 2.36 bits per heavy atom. The van der Waals surface area contributed by atoms with Gasteiger partial charge >= 0.3 is 18.2 Å². The lowest BCUT2D eigenvalue weighted by Crippen LogP contribution is -2.39. The number of fused-ring (bicyclic) bond motifs is 1. The van der Waals surface area contributed by atoms with E-state index in [0.717, 1.165) is 16.7 Å². The zero-order valence-electron chi connectivity index (χ0n) is 21.4. The molecule has 3 aromatic carbocycles. The van der Waals surface area contributed by atoms with Crippen LogP contribution >= 0.6 is 0 Å². The van der Waals surface area contributed by atoms with Gasteiger partial charge in [0, 0.05) is 11.1 Å². The van der Waals surface area contributed by atoms with E-state index < -0.39 is 42.5 Å². The van der Waals surface area contributed by atoms with Crippen molar-refractivity contribution in [3.8, 4) is 16.9 Å². The van der Waals surface area contributed by atoms with E-state index in [2.05, 4.69) is 10.6 Å². The van der Waals surface area contributed by atoms with Gasteiger partial charge in [0.15, 0.2) is 0 Å². The number of urea groups is 1. The molecule has 4 rings (SSSR count). The summed E-state index contributed by atoms with van der Waals surface area (Å²) in [6.07, 6.45) is -8.18.